The van der Waals surface area contributed by atoms with Crippen LogP contribution in [0.1, 0.15) is 17.0 Å². The molecule has 148 valence electrons. The van der Waals surface area contributed by atoms with Gasteiger partial charge in [0.05, 0.1) is 24.1 Å². The molecule has 0 unspecified atom stereocenters. The van der Waals surface area contributed by atoms with E-state index in [1.165, 1.54) is 4.40 Å². The highest BCUT2D eigenvalue weighted by atomic mass is 35.5. The molecule has 10 heteroatoms. The highest BCUT2D eigenvalue weighted by Crippen LogP contribution is 2.32. The number of hydrogen-bond donors (Lipinski definition) is 1. The van der Waals surface area contributed by atoms with E-state index < -0.39 is 11.7 Å². The quantitative estimate of drug-likeness (QED) is 0.674. The first-order chi connectivity index (χ1) is 13.3. The van der Waals surface area contributed by atoms with Gasteiger partial charge < -0.3 is 10.1 Å². The van der Waals surface area contributed by atoms with Crippen LogP contribution in [0.5, 0.6) is 5.75 Å². The average molecular weight is 413 g/mol. The Labute approximate surface area is 163 Å². The first kappa shape index (κ1) is 19.9. The summed E-state index contributed by atoms with van der Waals surface area (Å²) in [6, 6.07) is 7.89. The van der Waals surface area contributed by atoms with Crippen molar-refractivity contribution in [1.82, 2.24) is 19.9 Å². The van der Waals surface area contributed by atoms with E-state index in [2.05, 4.69) is 15.5 Å². The van der Waals surface area contributed by atoms with Gasteiger partial charge in [0.15, 0.2) is 5.65 Å². The van der Waals surface area contributed by atoms with E-state index in [4.69, 9.17) is 16.3 Å². The molecule has 3 aromatic rings. The predicted octanol–water partition coefficient (Wildman–Crippen LogP) is 3.31. The minimum atomic E-state index is -4.54. The van der Waals surface area contributed by atoms with Crippen molar-refractivity contribution in [3.05, 3.63) is 58.5 Å². The molecule has 28 heavy (non-hydrogen) atoms. The van der Waals surface area contributed by atoms with Crippen molar-refractivity contribution in [3.63, 3.8) is 0 Å². The highest BCUT2D eigenvalue weighted by molar-refractivity contribution is 6.33. The Morgan fingerprint density at radius 2 is 1.96 bits per heavy atom. The molecule has 0 spiro atoms. The summed E-state index contributed by atoms with van der Waals surface area (Å²) >= 11 is 5.88. The maximum Gasteiger partial charge on any atom is 0.417 e. The van der Waals surface area contributed by atoms with E-state index in [9.17, 15) is 18.0 Å². The largest absolute Gasteiger partial charge is 0.497 e. The minimum Gasteiger partial charge on any atom is -0.497 e. The maximum atomic E-state index is 13.0. The van der Waals surface area contributed by atoms with Gasteiger partial charge in [0.25, 0.3) is 0 Å². The van der Waals surface area contributed by atoms with E-state index in [1.54, 1.807) is 31.4 Å². The lowest BCUT2D eigenvalue weighted by Gasteiger charge is -2.09. The van der Waals surface area contributed by atoms with Gasteiger partial charge >= 0.3 is 6.18 Å². The number of pyridine rings is 1. The van der Waals surface area contributed by atoms with Gasteiger partial charge in [-0.15, -0.1) is 10.2 Å². The number of rotatable bonds is 6. The Morgan fingerprint density at radius 3 is 2.61 bits per heavy atom. The summed E-state index contributed by atoms with van der Waals surface area (Å²) in [5.41, 5.74) is 0.0524. The zero-order chi connectivity index (χ0) is 20.3. The van der Waals surface area contributed by atoms with Crippen LogP contribution in [-0.2, 0) is 23.8 Å². The number of methoxy groups -OCH3 is 1. The molecule has 1 amide bonds. The van der Waals surface area contributed by atoms with Gasteiger partial charge in [-0.05, 0) is 23.8 Å². The van der Waals surface area contributed by atoms with Crippen molar-refractivity contribution >= 4 is 23.2 Å². The molecule has 0 bridgehead atoms. The summed E-state index contributed by atoms with van der Waals surface area (Å²) in [7, 11) is 1.56. The topological polar surface area (TPSA) is 68.5 Å². The van der Waals surface area contributed by atoms with Crippen molar-refractivity contribution < 1.29 is 22.7 Å². The van der Waals surface area contributed by atoms with Gasteiger partial charge in [0.2, 0.25) is 5.91 Å². The molecule has 0 atom stereocenters. The summed E-state index contributed by atoms with van der Waals surface area (Å²) in [4.78, 5) is 12.0. The third kappa shape index (κ3) is 4.53. The molecule has 0 aliphatic heterocycles. The van der Waals surface area contributed by atoms with Crippen LogP contribution in [0.4, 0.5) is 13.2 Å². The first-order valence-corrected chi connectivity index (χ1v) is 8.65. The van der Waals surface area contributed by atoms with Crippen molar-refractivity contribution in [2.75, 3.05) is 13.7 Å². The van der Waals surface area contributed by atoms with Gasteiger partial charge in [-0.2, -0.15) is 13.2 Å². The molecule has 2 aromatic heterocycles. The van der Waals surface area contributed by atoms with Crippen LogP contribution in [0.15, 0.2) is 36.5 Å². The second-order valence-electron chi connectivity index (χ2n) is 6.01. The number of fused-ring (bicyclic) bond motifs is 1. The molecule has 1 aromatic carbocycles. The summed E-state index contributed by atoms with van der Waals surface area (Å²) < 4.78 is 45.2. The lowest BCUT2D eigenvalue weighted by atomic mass is 10.1. The normalized spacial score (nSPS) is 11.6. The van der Waals surface area contributed by atoms with E-state index in [-0.39, 0.29) is 41.8 Å². The first-order valence-electron chi connectivity index (χ1n) is 8.28. The van der Waals surface area contributed by atoms with E-state index in [0.29, 0.717) is 5.75 Å². The van der Waals surface area contributed by atoms with Crippen molar-refractivity contribution in [2.45, 2.75) is 19.0 Å². The smallest absolute Gasteiger partial charge is 0.417 e. The number of carbonyl (C=O) groups is 1. The van der Waals surface area contributed by atoms with Gasteiger partial charge in [0, 0.05) is 19.2 Å². The van der Waals surface area contributed by atoms with Crippen LogP contribution >= 0.6 is 11.6 Å². The van der Waals surface area contributed by atoms with Gasteiger partial charge in [0.1, 0.15) is 11.6 Å². The molecule has 0 aliphatic rings. The number of nitrogens with one attached hydrogen (secondary N) is 1. The third-order valence-electron chi connectivity index (χ3n) is 4.05. The lowest BCUT2D eigenvalue weighted by Crippen LogP contribution is -2.27. The summed E-state index contributed by atoms with van der Waals surface area (Å²) in [6.45, 7) is 0.198. The summed E-state index contributed by atoms with van der Waals surface area (Å²) in [5, 5.41) is 10.3. The zero-order valence-electron chi connectivity index (χ0n) is 14.8. The molecule has 0 aliphatic carbocycles. The molecular formula is C18H16ClF3N4O2. The zero-order valence-corrected chi connectivity index (χ0v) is 15.5. The second-order valence-corrected chi connectivity index (χ2v) is 6.42. The molecule has 0 fully saturated rings. The molecule has 1 N–H and O–H groups in total. The number of amides is 1. The van der Waals surface area contributed by atoms with Gasteiger partial charge in [-0.1, -0.05) is 23.7 Å². The molecule has 0 saturated carbocycles. The number of carbonyl (C=O) groups excluding carboxylic acids is 1. The van der Waals surface area contributed by atoms with Crippen LogP contribution < -0.4 is 10.1 Å². The summed E-state index contributed by atoms with van der Waals surface area (Å²) in [6.07, 6.45) is -3.26. The number of ether oxygens (including phenoxy) is 1. The van der Waals surface area contributed by atoms with Crippen LogP contribution in [0, 0.1) is 0 Å². The van der Waals surface area contributed by atoms with Crippen molar-refractivity contribution in [2.24, 2.45) is 0 Å². The van der Waals surface area contributed by atoms with Crippen LogP contribution in [0.2, 0.25) is 5.02 Å². The number of hydrogen-bond acceptors (Lipinski definition) is 4. The SMILES string of the molecule is COc1ccc(CC(=O)NCCc2nnc3c(Cl)cc(C(F)(F)F)cn23)cc1. The molecule has 3 rings (SSSR count). The van der Waals surface area contributed by atoms with Crippen LogP contribution in [0.25, 0.3) is 5.65 Å². The fourth-order valence-corrected chi connectivity index (χ4v) is 2.88. The van der Waals surface area contributed by atoms with E-state index in [1.807, 2.05) is 0 Å². The number of halogens is 4. The monoisotopic (exact) mass is 412 g/mol. The fraction of sp³-hybridized carbons (Fsp3) is 0.278. The Bertz CT molecular complexity index is 987. The molecular weight excluding hydrogens is 397 g/mol. The minimum absolute atomic E-state index is 0.134. The van der Waals surface area contributed by atoms with Gasteiger partial charge in [-0.3, -0.25) is 9.20 Å². The van der Waals surface area contributed by atoms with E-state index >= 15 is 0 Å². The number of alkyl halides is 3. The number of nitrogens with zero attached hydrogens (tertiary/aromatic N) is 3. The van der Waals surface area contributed by atoms with Gasteiger partial charge in [-0.25, -0.2) is 0 Å². The summed E-state index contributed by atoms with van der Waals surface area (Å²) in [5.74, 6) is 0.750. The predicted molar refractivity (Wildman–Crippen MR) is 96.4 cm³/mol. The van der Waals surface area contributed by atoms with Crippen LogP contribution in [-0.4, -0.2) is 34.2 Å². The standard InChI is InChI=1S/C18H16ClF3N4O2/c1-28-13-4-2-11(3-5-13)8-16(27)23-7-6-15-24-25-17-14(19)9-12(10-26(15)17)18(20,21)22/h2-5,9-10H,6-8H2,1H3,(H,23,27). The molecule has 2 heterocycles. The Kier molecular flexibility index (Phi) is 5.73. The van der Waals surface area contributed by atoms with Crippen LogP contribution in [0.3, 0.4) is 0 Å². The Morgan fingerprint density at radius 1 is 1.25 bits per heavy atom. The van der Waals surface area contributed by atoms with Crippen molar-refractivity contribution in [1.29, 1.82) is 0 Å². The second kappa shape index (κ2) is 8.05. The van der Waals surface area contributed by atoms with Crippen molar-refractivity contribution in [3.8, 4) is 5.75 Å². The molecule has 6 nitrogen and oxygen atoms in total. The maximum absolute atomic E-state index is 13.0. The Balaban J connectivity index is 1.63. The molecule has 0 saturated heterocycles. The average Bonchev–Trinajstić information content (AvgIpc) is 3.05. The fourth-order valence-electron chi connectivity index (χ4n) is 2.63. The molecule has 0 radical (unpaired) electrons. The Hall–Kier alpha value is -2.81. The highest BCUT2D eigenvalue weighted by Gasteiger charge is 2.32. The number of benzene rings is 1. The van der Waals surface area contributed by atoms with E-state index in [0.717, 1.165) is 17.8 Å². The number of aromatic nitrogens is 3. The lowest BCUT2D eigenvalue weighted by molar-refractivity contribution is -0.137. The third-order valence-corrected chi connectivity index (χ3v) is 4.33.